The van der Waals surface area contributed by atoms with Crippen molar-refractivity contribution in [3.63, 3.8) is 0 Å². The van der Waals surface area contributed by atoms with E-state index < -0.39 is 5.60 Å². The summed E-state index contributed by atoms with van der Waals surface area (Å²) in [5, 5.41) is 13.4. The van der Waals surface area contributed by atoms with Gasteiger partial charge in [-0.05, 0) is 47.9 Å². The van der Waals surface area contributed by atoms with Crippen LogP contribution in [-0.2, 0) is 0 Å². The first-order valence-corrected chi connectivity index (χ1v) is 6.14. The van der Waals surface area contributed by atoms with Crippen molar-refractivity contribution in [3.8, 4) is 5.75 Å². The van der Waals surface area contributed by atoms with Crippen LogP contribution in [0, 0.1) is 0 Å². The molecule has 1 aromatic heterocycles. The first-order chi connectivity index (χ1) is 7.68. The maximum atomic E-state index is 10.2. The average molecular weight is 287 g/mol. The molecule has 0 unspecified atom stereocenters. The Morgan fingerprint density at radius 2 is 2.19 bits per heavy atom. The van der Waals surface area contributed by atoms with Gasteiger partial charge in [-0.1, -0.05) is 0 Å². The second kappa shape index (κ2) is 5.12. The van der Waals surface area contributed by atoms with Gasteiger partial charge in [-0.15, -0.1) is 0 Å². The van der Waals surface area contributed by atoms with E-state index in [-0.39, 0.29) is 0 Å². The number of aliphatic hydroxyl groups is 1. The van der Waals surface area contributed by atoms with Crippen molar-refractivity contribution in [2.75, 3.05) is 19.7 Å². The normalized spacial score (nSPS) is 19.4. The fourth-order valence-corrected chi connectivity index (χ4v) is 2.07. The summed E-state index contributed by atoms with van der Waals surface area (Å²) in [4.78, 5) is 4.00. The quantitative estimate of drug-likeness (QED) is 0.881. The van der Waals surface area contributed by atoms with Crippen LogP contribution in [-0.4, -0.2) is 35.4 Å². The zero-order valence-corrected chi connectivity index (χ0v) is 10.5. The highest BCUT2D eigenvalue weighted by atomic mass is 79.9. The van der Waals surface area contributed by atoms with Crippen molar-refractivity contribution in [2.45, 2.75) is 18.4 Å². The highest BCUT2D eigenvalue weighted by molar-refractivity contribution is 9.10. The van der Waals surface area contributed by atoms with E-state index in [1.165, 1.54) is 0 Å². The molecule has 0 radical (unpaired) electrons. The van der Waals surface area contributed by atoms with Crippen molar-refractivity contribution in [1.29, 1.82) is 0 Å². The van der Waals surface area contributed by atoms with Gasteiger partial charge in [0.25, 0.3) is 0 Å². The Bertz CT molecular complexity index is 354. The first kappa shape index (κ1) is 11.8. The van der Waals surface area contributed by atoms with E-state index in [1.54, 1.807) is 12.4 Å². The van der Waals surface area contributed by atoms with Gasteiger partial charge < -0.3 is 15.2 Å². The van der Waals surface area contributed by atoms with Gasteiger partial charge in [-0.2, -0.15) is 0 Å². The average Bonchev–Trinajstić information content (AvgIpc) is 2.28. The summed E-state index contributed by atoms with van der Waals surface area (Å²) in [6.07, 6.45) is 4.81. The summed E-state index contributed by atoms with van der Waals surface area (Å²) in [5.41, 5.74) is -0.701. The number of piperidine rings is 1. The van der Waals surface area contributed by atoms with E-state index in [1.807, 2.05) is 6.07 Å². The van der Waals surface area contributed by atoms with Crippen LogP contribution in [0.1, 0.15) is 12.8 Å². The fraction of sp³-hybridized carbons (Fsp3) is 0.545. The maximum absolute atomic E-state index is 10.2. The largest absolute Gasteiger partial charge is 0.489 e. The molecule has 1 saturated heterocycles. The molecule has 0 saturated carbocycles. The Hall–Kier alpha value is -0.650. The molecule has 88 valence electrons. The van der Waals surface area contributed by atoms with Crippen molar-refractivity contribution in [3.05, 3.63) is 22.9 Å². The van der Waals surface area contributed by atoms with Gasteiger partial charge in [0.1, 0.15) is 18.0 Å². The predicted octanol–water partition coefficient (Wildman–Crippen LogP) is 1.34. The van der Waals surface area contributed by atoms with E-state index >= 15 is 0 Å². The SMILES string of the molecule is OC1(COc2cncc(Br)c2)CCNCC1. The smallest absolute Gasteiger partial charge is 0.138 e. The second-order valence-electron chi connectivity index (χ2n) is 4.10. The Kier molecular flexibility index (Phi) is 3.78. The van der Waals surface area contributed by atoms with E-state index in [0.717, 1.165) is 30.4 Å². The number of hydrogen-bond donors (Lipinski definition) is 2. The van der Waals surface area contributed by atoms with Crippen LogP contribution in [0.3, 0.4) is 0 Å². The number of rotatable bonds is 3. The number of nitrogens with zero attached hydrogens (tertiary/aromatic N) is 1. The van der Waals surface area contributed by atoms with Gasteiger partial charge in [0.2, 0.25) is 0 Å². The maximum Gasteiger partial charge on any atom is 0.138 e. The Balaban J connectivity index is 1.91. The Labute approximate surface area is 103 Å². The molecule has 0 spiro atoms. The van der Waals surface area contributed by atoms with Crippen molar-refractivity contribution >= 4 is 15.9 Å². The highest BCUT2D eigenvalue weighted by Gasteiger charge is 2.29. The molecule has 0 amide bonds. The standard InChI is InChI=1S/C11H15BrN2O2/c12-9-5-10(7-14-6-9)16-8-11(15)1-3-13-4-2-11/h5-7,13,15H,1-4,8H2. The molecule has 0 atom stereocenters. The third-order valence-electron chi connectivity index (χ3n) is 2.72. The molecule has 5 heteroatoms. The zero-order chi connectivity index (χ0) is 11.4. The molecule has 1 aliphatic heterocycles. The third-order valence-corrected chi connectivity index (χ3v) is 3.16. The molecule has 2 N–H and O–H groups in total. The number of aromatic nitrogens is 1. The molecule has 0 bridgehead atoms. The lowest BCUT2D eigenvalue weighted by Crippen LogP contribution is -2.45. The van der Waals surface area contributed by atoms with E-state index in [9.17, 15) is 5.11 Å². The molecule has 1 fully saturated rings. The van der Waals surface area contributed by atoms with E-state index in [4.69, 9.17) is 4.74 Å². The molecule has 4 nitrogen and oxygen atoms in total. The van der Waals surface area contributed by atoms with Crippen LogP contribution in [0.25, 0.3) is 0 Å². The van der Waals surface area contributed by atoms with Gasteiger partial charge in [-0.3, -0.25) is 4.98 Å². The molecule has 0 aliphatic carbocycles. The van der Waals surface area contributed by atoms with Crippen LogP contribution in [0.4, 0.5) is 0 Å². The molecule has 1 aromatic rings. The predicted molar refractivity (Wildman–Crippen MR) is 64.5 cm³/mol. The number of ether oxygens (including phenoxy) is 1. The van der Waals surface area contributed by atoms with Gasteiger partial charge >= 0.3 is 0 Å². The summed E-state index contributed by atoms with van der Waals surface area (Å²) >= 11 is 3.33. The van der Waals surface area contributed by atoms with Gasteiger partial charge in [0, 0.05) is 10.7 Å². The molecular weight excluding hydrogens is 272 g/mol. The van der Waals surface area contributed by atoms with Crippen LogP contribution in [0.2, 0.25) is 0 Å². The monoisotopic (exact) mass is 286 g/mol. The molecule has 2 rings (SSSR count). The third kappa shape index (κ3) is 3.17. The molecule has 1 aliphatic rings. The Morgan fingerprint density at radius 3 is 2.88 bits per heavy atom. The highest BCUT2D eigenvalue weighted by Crippen LogP contribution is 2.21. The Morgan fingerprint density at radius 1 is 1.44 bits per heavy atom. The van der Waals surface area contributed by atoms with Gasteiger partial charge in [0.05, 0.1) is 6.20 Å². The minimum absolute atomic E-state index is 0.326. The summed E-state index contributed by atoms with van der Waals surface area (Å²) in [6.45, 7) is 2.01. The number of hydrogen-bond acceptors (Lipinski definition) is 4. The van der Waals surface area contributed by atoms with Crippen LogP contribution < -0.4 is 10.1 Å². The summed E-state index contributed by atoms with van der Waals surface area (Å²) < 4.78 is 6.44. The lowest BCUT2D eigenvalue weighted by Gasteiger charge is -2.32. The minimum atomic E-state index is -0.701. The van der Waals surface area contributed by atoms with Crippen LogP contribution in [0.15, 0.2) is 22.9 Å². The topological polar surface area (TPSA) is 54.4 Å². The minimum Gasteiger partial charge on any atom is -0.489 e. The number of pyridine rings is 1. The summed E-state index contributed by atoms with van der Waals surface area (Å²) in [7, 11) is 0. The molecule has 0 aromatic carbocycles. The van der Waals surface area contributed by atoms with Crippen molar-refractivity contribution in [1.82, 2.24) is 10.3 Å². The summed E-state index contributed by atoms with van der Waals surface area (Å²) in [5.74, 6) is 0.682. The molecule has 2 heterocycles. The fourth-order valence-electron chi connectivity index (χ4n) is 1.73. The summed E-state index contributed by atoms with van der Waals surface area (Å²) in [6, 6.07) is 1.84. The van der Waals surface area contributed by atoms with Crippen molar-refractivity contribution in [2.24, 2.45) is 0 Å². The number of halogens is 1. The van der Waals surface area contributed by atoms with Crippen LogP contribution >= 0.6 is 15.9 Å². The van der Waals surface area contributed by atoms with E-state index in [0.29, 0.717) is 12.4 Å². The number of nitrogens with one attached hydrogen (secondary N) is 1. The van der Waals surface area contributed by atoms with Crippen molar-refractivity contribution < 1.29 is 9.84 Å². The second-order valence-corrected chi connectivity index (χ2v) is 5.02. The lowest BCUT2D eigenvalue weighted by atomic mass is 9.94. The lowest BCUT2D eigenvalue weighted by molar-refractivity contribution is -0.0286. The molecule has 16 heavy (non-hydrogen) atoms. The van der Waals surface area contributed by atoms with E-state index in [2.05, 4.69) is 26.2 Å². The zero-order valence-electron chi connectivity index (χ0n) is 8.95. The molecular formula is C11H15BrN2O2. The van der Waals surface area contributed by atoms with Gasteiger partial charge in [-0.25, -0.2) is 0 Å². The van der Waals surface area contributed by atoms with Gasteiger partial charge in [0.15, 0.2) is 0 Å². The van der Waals surface area contributed by atoms with Crippen LogP contribution in [0.5, 0.6) is 5.75 Å². The first-order valence-electron chi connectivity index (χ1n) is 5.34.